The fourth-order valence-electron chi connectivity index (χ4n) is 2.13. The molecular formula is C17H21N3O2S. The highest BCUT2D eigenvalue weighted by atomic mass is 32.1. The second-order valence-electron chi connectivity index (χ2n) is 5.74. The van der Waals surface area contributed by atoms with Crippen molar-refractivity contribution in [2.24, 2.45) is 11.7 Å². The van der Waals surface area contributed by atoms with E-state index in [1.54, 1.807) is 30.3 Å². The Bertz CT molecular complexity index is 668. The van der Waals surface area contributed by atoms with Crippen molar-refractivity contribution in [2.45, 2.75) is 26.3 Å². The molecule has 122 valence electrons. The number of carbonyl (C=O) groups excluding carboxylic acids is 2. The van der Waals surface area contributed by atoms with E-state index >= 15 is 0 Å². The molecule has 0 saturated heterocycles. The van der Waals surface area contributed by atoms with Crippen LogP contribution >= 0.6 is 11.3 Å². The zero-order chi connectivity index (χ0) is 16.8. The minimum atomic E-state index is -0.542. The van der Waals surface area contributed by atoms with Gasteiger partial charge in [-0.1, -0.05) is 26.0 Å². The van der Waals surface area contributed by atoms with E-state index in [0.717, 1.165) is 0 Å². The van der Waals surface area contributed by atoms with Crippen LogP contribution in [0.1, 0.15) is 29.9 Å². The van der Waals surface area contributed by atoms with Crippen molar-refractivity contribution >= 4 is 34.5 Å². The molecule has 1 aromatic carbocycles. The molecule has 4 N–H and O–H groups in total. The molecule has 1 aromatic heterocycles. The molecule has 0 aliphatic rings. The average molecular weight is 331 g/mol. The summed E-state index contributed by atoms with van der Waals surface area (Å²) in [6.07, 6.45) is 0.626. The molecule has 0 unspecified atom stereocenters. The van der Waals surface area contributed by atoms with Crippen LogP contribution in [0.25, 0.3) is 0 Å². The van der Waals surface area contributed by atoms with Gasteiger partial charge in [-0.2, -0.15) is 0 Å². The highest BCUT2D eigenvalue weighted by Gasteiger charge is 2.15. The van der Waals surface area contributed by atoms with Gasteiger partial charge in [-0.05, 0) is 42.0 Å². The van der Waals surface area contributed by atoms with Gasteiger partial charge < -0.3 is 16.4 Å². The molecule has 0 radical (unpaired) electrons. The third-order valence-corrected chi connectivity index (χ3v) is 4.06. The van der Waals surface area contributed by atoms with Crippen LogP contribution in [0.2, 0.25) is 0 Å². The summed E-state index contributed by atoms with van der Waals surface area (Å²) in [5, 5.41) is 7.44. The molecule has 0 fully saturated rings. The molecular weight excluding hydrogens is 310 g/mol. The lowest BCUT2D eigenvalue weighted by atomic mass is 10.0. The summed E-state index contributed by atoms with van der Waals surface area (Å²) in [7, 11) is 0. The smallest absolute Gasteiger partial charge is 0.265 e. The summed E-state index contributed by atoms with van der Waals surface area (Å²) < 4.78 is 0. The van der Waals surface area contributed by atoms with Gasteiger partial charge in [-0.3, -0.25) is 9.59 Å². The van der Waals surface area contributed by atoms with Gasteiger partial charge in [0.1, 0.15) is 0 Å². The maximum atomic E-state index is 12.0. The van der Waals surface area contributed by atoms with Crippen LogP contribution in [0.4, 0.5) is 11.4 Å². The maximum absolute atomic E-state index is 12.0. The Kier molecular flexibility index (Phi) is 5.90. The molecule has 23 heavy (non-hydrogen) atoms. The quantitative estimate of drug-likeness (QED) is 0.759. The summed E-state index contributed by atoms with van der Waals surface area (Å²) in [5.41, 5.74) is 7.10. The Balaban J connectivity index is 1.99. The van der Waals surface area contributed by atoms with E-state index in [-0.39, 0.29) is 11.8 Å². The Morgan fingerprint density at radius 2 is 1.83 bits per heavy atom. The van der Waals surface area contributed by atoms with Crippen LogP contribution in [-0.2, 0) is 4.79 Å². The van der Waals surface area contributed by atoms with Gasteiger partial charge in [0.25, 0.3) is 5.91 Å². The zero-order valence-corrected chi connectivity index (χ0v) is 14.0. The monoisotopic (exact) mass is 331 g/mol. The summed E-state index contributed by atoms with van der Waals surface area (Å²) >= 11 is 1.38. The average Bonchev–Trinajstić information content (AvgIpc) is 3.01. The maximum Gasteiger partial charge on any atom is 0.265 e. The third-order valence-electron chi connectivity index (χ3n) is 3.20. The Hall–Kier alpha value is -2.18. The predicted molar refractivity (Wildman–Crippen MR) is 94.8 cm³/mol. The van der Waals surface area contributed by atoms with Gasteiger partial charge in [0.2, 0.25) is 5.91 Å². The molecule has 2 aromatic rings. The number of hydrogen-bond donors (Lipinski definition) is 3. The molecule has 0 bridgehead atoms. The molecule has 6 heteroatoms. The molecule has 0 aliphatic heterocycles. The molecule has 0 aliphatic carbocycles. The summed E-state index contributed by atoms with van der Waals surface area (Å²) in [6, 6.07) is 10.1. The number of nitrogens with one attached hydrogen (secondary N) is 2. The molecule has 1 atom stereocenters. The Morgan fingerprint density at radius 3 is 2.43 bits per heavy atom. The Morgan fingerprint density at radius 1 is 1.13 bits per heavy atom. The standard InChI is InChI=1S/C17H21N3O2S/c1-11(2)9-14(18)16(21)19-12-5-3-6-13(10-12)20-17(22)15-7-4-8-23-15/h3-8,10-11,14H,9,18H2,1-2H3,(H,19,21)(H,20,22)/t14-/m0/s1. The van der Waals surface area contributed by atoms with Gasteiger partial charge in [0.15, 0.2) is 0 Å². The van der Waals surface area contributed by atoms with Crippen molar-refractivity contribution in [3.8, 4) is 0 Å². The van der Waals surface area contributed by atoms with E-state index < -0.39 is 6.04 Å². The first kappa shape index (κ1) is 17.2. The van der Waals surface area contributed by atoms with Gasteiger partial charge in [0.05, 0.1) is 10.9 Å². The van der Waals surface area contributed by atoms with Crippen molar-refractivity contribution in [3.05, 3.63) is 46.7 Å². The van der Waals surface area contributed by atoms with Gasteiger partial charge >= 0.3 is 0 Å². The van der Waals surface area contributed by atoms with Crippen LogP contribution < -0.4 is 16.4 Å². The lowest BCUT2D eigenvalue weighted by Gasteiger charge is -2.14. The molecule has 0 saturated carbocycles. The van der Waals surface area contributed by atoms with Gasteiger partial charge in [-0.15, -0.1) is 11.3 Å². The zero-order valence-electron chi connectivity index (χ0n) is 13.2. The molecule has 0 spiro atoms. The number of benzene rings is 1. The summed E-state index contributed by atoms with van der Waals surface area (Å²) in [6.45, 7) is 4.04. The fraction of sp³-hybridized carbons (Fsp3) is 0.294. The van der Waals surface area contributed by atoms with E-state index in [1.807, 2.05) is 25.3 Å². The molecule has 2 rings (SSSR count). The van der Waals surface area contributed by atoms with Crippen molar-refractivity contribution < 1.29 is 9.59 Å². The molecule has 5 nitrogen and oxygen atoms in total. The van der Waals surface area contributed by atoms with Crippen LogP contribution in [0.3, 0.4) is 0 Å². The Labute approximate surface area is 139 Å². The summed E-state index contributed by atoms with van der Waals surface area (Å²) in [4.78, 5) is 24.7. The summed E-state index contributed by atoms with van der Waals surface area (Å²) in [5.74, 6) is -0.0346. The van der Waals surface area contributed by atoms with E-state index in [4.69, 9.17) is 5.73 Å². The number of thiophene rings is 1. The molecule has 1 heterocycles. The third kappa shape index (κ3) is 5.19. The van der Waals surface area contributed by atoms with Crippen molar-refractivity contribution in [1.82, 2.24) is 0 Å². The number of hydrogen-bond acceptors (Lipinski definition) is 4. The van der Waals surface area contributed by atoms with Crippen LogP contribution in [0.15, 0.2) is 41.8 Å². The van der Waals surface area contributed by atoms with E-state index in [9.17, 15) is 9.59 Å². The van der Waals surface area contributed by atoms with Crippen LogP contribution in [0, 0.1) is 5.92 Å². The molecule has 2 amide bonds. The number of carbonyl (C=O) groups is 2. The van der Waals surface area contributed by atoms with Gasteiger partial charge in [-0.25, -0.2) is 0 Å². The normalized spacial score (nSPS) is 12.0. The number of rotatable bonds is 6. The van der Waals surface area contributed by atoms with Crippen molar-refractivity contribution in [1.29, 1.82) is 0 Å². The van der Waals surface area contributed by atoms with E-state index in [1.165, 1.54) is 11.3 Å². The first-order valence-electron chi connectivity index (χ1n) is 7.47. The van der Waals surface area contributed by atoms with E-state index in [2.05, 4.69) is 10.6 Å². The van der Waals surface area contributed by atoms with Gasteiger partial charge in [0, 0.05) is 11.4 Å². The van der Waals surface area contributed by atoms with Crippen molar-refractivity contribution in [3.63, 3.8) is 0 Å². The van der Waals surface area contributed by atoms with Crippen LogP contribution in [0.5, 0.6) is 0 Å². The number of anilines is 2. The second-order valence-corrected chi connectivity index (χ2v) is 6.69. The fourth-order valence-corrected chi connectivity index (χ4v) is 2.74. The number of nitrogens with two attached hydrogens (primary N) is 1. The largest absolute Gasteiger partial charge is 0.325 e. The van der Waals surface area contributed by atoms with Crippen molar-refractivity contribution in [2.75, 3.05) is 10.6 Å². The second kappa shape index (κ2) is 7.89. The lowest BCUT2D eigenvalue weighted by Crippen LogP contribution is -2.36. The highest BCUT2D eigenvalue weighted by molar-refractivity contribution is 7.12. The SMILES string of the molecule is CC(C)C[C@H](N)C(=O)Nc1cccc(NC(=O)c2cccs2)c1. The van der Waals surface area contributed by atoms with E-state index in [0.29, 0.717) is 28.6 Å². The first-order valence-corrected chi connectivity index (χ1v) is 8.35. The minimum absolute atomic E-state index is 0.167. The van der Waals surface area contributed by atoms with Crippen LogP contribution in [-0.4, -0.2) is 17.9 Å². The number of amides is 2. The minimum Gasteiger partial charge on any atom is -0.325 e. The lowest BCUT2D eigenvalue weighted by molar-refractivity contribution is -0.117. The highest BCUT2D eigenvalue weighted by Crippen LogP contribution is 2.18. The first-order chi connectivity index (χ1) is 11.0. The topological polar surface area (TPSA) is 84.2 Å². The predicted octanol–water partition coefficient (Wildman–Crippen LogP) is 3.31.